The molecule has 0 aliphatic carbocycles. The molecule has 22 heavy (non-hydrogen) atoms. The molecule has 1 amide bonds. The van der Waals surface area contributed by atoms with Crippen LogP contribution in [0, 0.1) is 5.92 Å². The Morgan fingerprint density at radius 1 is 1.23 bits per heavy atom. The summed E-state index contributed by atoms with van der Waals surface area (Å²) in [4.78, 5) is 36.8. The minimum Gasteiger partial charge on any atom is -0.481 e. The van der Waals surface area contributed by atoms with Crippen LogP contribution in [-0.2, 0) is 16.1 Å². The summed E-state index contributed by atoms with van der Waals surface area (Å²) in [5.41, 5.74) is 0.770. The number of para-hydroxylation sites is 1. The van der Waals surface area contributed by atoms with Crippen molar-refractivity contribution in [3.8, 4) is 0 Å². The first-order valence-electron chi connectivity index (χ1n) is 7.15. The molecule has 116 valence electrons. The van der Waals surface area contributed by atoms with Crippen LogP contribution >= 0.6 is 11.3 Å². The number of nitrogens with zero attached hydrogens (tertiary/aromatic N) is 2. The van der Waals surface area contributed by atoms with Gasteiger partial charge in [-0.3, -0.25) is 19.0 Å². The van der Waals surface area contributed by atoms with Gasteiger partial charge in [-0.25, -0.2) is 0 Å². The van der Waals surface area contributed by atoms with Crippen molar-refractivity contribution in [2.45, 2.75) is 19.4 Å². The molecular formula is C15H16N2O4S. The van der Waals surface area contributed by atoms with Crippen LogP contribution in [0.25, 0.3) is 10.2 Å². The highest BCUT2D eigenvalue weighted by Gasteiger charge is 2.27. The van der Waals surface area contributed by atoms with Gasteiger partial charge in [0, 0.05) is 13.1 Å². The Kier molecular flexibility index (Phi) is 3.98. The molecule has 1 aliphatic heterocycles. The SMILES string of the molecule is O=C(O)C1CCN(C(=O)Cn2c(=O)sc3ccccc32)CC1. The predicted molar refractivity (Wildman–Crippen MR) is 83.0 cm³/mol. The van der Waals surface area contributed by atoms with Gasteiger partial charge >= 0.3 is 10.8 Å². The summed E-state index contributed by atoms with van der Waals surface area (Å²) in [6.07, 6.45) is 0.945. The van der Waals surface area contributed by atoms with E-state index in [9.17, 15) is 14.4 Å². The van der Waals surface area contributed by atoms with Gasteiger partial charge in [0.2, 0.25) is 5.91 Å². The fraction of sp³-hybridized carbons (Fsp3) is 0.400. The third kappa shape index (κ3) is 2.76. The first kappa shape index (κ1) is 14.8. The number of rotatable bonds is 3. The largest absolute Gasteiger partial charge is 0.481 e. The molecule has 1 aliphatic rings. The van der Waals surface area contributed by atoms with Gasteiger partial charge in [-0.05, 0) is 25.0 Å². The number of aromatic nitrogens is 1. The van der Waals surface area contributed by atoms with E-state index in [0.29, 0.717) is 25.9 Å². The molecular weight excluding hydrogens is 304 g/mol. The Morgan fingerprint density at radius 2 is 1.91 bits per heavy atom. The quantitative estimate of drug-likeness (QED) is 0.927. The van der Waals surface area contributed by atoms with E-state index in [0.717, 1.165) is 21.6 Å². The molecule has 3 rings (SSSR count). The van der Waals surface area contributed by atoms with E-state index in [1.165, 1.54) is 4.57 Å². The average molecular weight is 320 g/mol. The topological polar surface area (TPSA) is 79.6 Å². The molecule has 0 atom stereocenters. The first-order valence-corrected chi connectivity index (χ1v) is 7.97. The summed E-state index contributed by atoms with van der Waals surface area (Å²) < 4.78 is 2.36. The number of carboxylic acid groups (broad SMARTS) is 1. The smallest absolute Gasteiger partial charge is 0.308 e. The molecule has 0 saturated carbocycles. The van der Waals surface area contributed by atoms with Crippen molar-refractivity contribution in [1.82, 2.24) is 9.47 Å². The van der Waals surface area contributed by atoms with Crippen molar-refractivity contribution in [2.75, 3.05) is 13.1 Å². The van der Waals surface area contributed by atoms with Gasteiger partial charge in [0.25, 0.3) is 0 Å². The summed E-state index contributed by atoms with van der Waals surface area (Å²) in [5.74, 6) is -1.30. The zero-order valence-corrected chi connectivity index (χ0v) is 12.7. The lowest BCUT2D eigenvalue weighted by Gasteiger charge is -2.30. The summed E-state index contributed by atoms with van der Waals surface area (Å²) in [7, 11) is 0. The van der Waals surface area contributed by atoms with Crippen molar-refractivity contribution in [3.05, 3.63) is 33.9 Å². The molecule has 7 heteroatoms. The highest BCUT2D eigenvalue weighted by molar-refractivity contribution is 7.16. The van der Waals surface area contributed by atoms with Gasteiger partial charge in [-0.1, -0.05) is 23.5 Å². The third-order valence-electron chi connectivity index (χ3n) is 4.06. The number of carbonyl (C=O) groups excluding carboxylic acids is 1. The van der Waals surface area contributed by atoms with E-state index >= 15 is 0 Å². The molecule has 0 spiro atoms. The minimum atomic E-state index is -0.799. The molecule has 1 fully saturated rings. The van der Waals surface area contributed by atoms with Crippen LogP contribution in [0.2, 0.25) is 0 Å². The van der Waals surface area contributed by atoms with Crippen LogP contribution in [0.5, 0.6) is 0 Å². The fourth-order valence-corrected chi connectivity index (χ4v) is 3.67. The summed E-state index contributed by atoms with van der Waals surface area (Å²) >= 11 is 1.13. The van der Waals surface area contributed by atoms with Crippen LogP contribution in [0.4, 0.5) is 0 Å². The van der Waals surface area contributed by atoms with E-state index in [4.69, 9.17) is 5.11 Å². The van der Waals surface area contributed by atoms with Gasteiger partial charge in [-0.15, -0.1) is 0 Å². The Morgan fingerprint density at radius 3 is 2.59 bits per heavy atom. The van der Waals surface area contributed by atoms with Gasteiger partial charge < -0.3 is 10.0 Å². The molecule has 2 aromatic rings. The van der Waals surface area contributed by atoms with E-state index in [1.54, 1.807) is 4.90 Å². The van der Waals surface area contributed by atoms with E-state index < -0.39 is 5.97 Å². The van der Waals surface area contributed by atoms with Crippen LogP contribution in [0.1, 0.15) is 12.8 Å². The van der Waals surface area contributed by atoms with Crippen LogP contribution in [0.15, 0.2) is 29.1 Å². The molecule has 0 bridgehead atoms. The normalized spacial score (nSPS) is 16.1. The number of benzene rings is 1. The van der Waals surface area contributed by atoms with Crippen molar-refractivity contribution in [3.63, 3.8) is 0 Å². The van der Waals surface area contributed by atoms with Crippen LogP contribution in [-0.4, -0.2) is 39.5 Å². The lowest BCUT2D eigenvalue weighted by molar-refractivity contribution is -0.145. The molecule has 6 nitrogen and oxygen atoms in total. The number of carboxylic acids is 1. The number of hydrogen-bond donors (Lipinski definition) is 1. The highest BCUT2D eigenvalue weighted by atomic mass is 32.1. The summed E-state index contributed by atoms with van der Waals surface area (Å²) in [6, 6.07) is 7.40. The van der Waals surface area contributed by atoms with Gasteiger partial charge in [0.15, 0.2) is 0 Å². The fourth-order valence-electron chi connectivity index (χ4n) is 2.77. The molecule has 1 aromatic carbocycles. The van der Waals surface area contributed by atoms with E-state index in [2.05, 4.69) is 0 Å². The average Bonchev–Trinajstić information content (AvgIpc) is 2.83. The molecule has 2 heterocycles. The molecule has 0 unspecified atom stereocenters. The second-order valence-corrected chi connectivity index (χ2v) is 6.41. The number of hydrogen-bond acceptors (Lipinski definition) is 4. The monoisotopic (exact) mass is 320 g/mol. The maximum absolute atomic E-state index is 12.4. The van der Waals surface area contributed by atoms with Crippen molar-refractivity contribution >= 4 is 33.4 Å². The van der Waals surface area contributed by atoms with Gasteiger partial charge in [0.1, 0.15) is 6.54 Å². The van der Waals surface area contributed by atoms with Crippen LogP contribution < -0.4 is 4.87 Å². The van der Waals surface area contributed by atoms with E-state index in [-0.39, 0.29) is 23.2 Å². The number of piperidine rings is 1. The Bertz CT molecular complexity index is 771. The Balaban J connectivity index is 1.73. The number of amides is 1. The van der Waals surface area contributed by atoms with Gasteiger partial charge in [0.05, 0.1) is 16.1 Å². The second kappa shape index (κ2) is 5.92. The lowest BCUT2D eigenvalue weighted by atomic mass is 9.97. The molecule has 1 saturated heterocycles. The lowest BCUT2D eigenvalue weighted by Crippen LogP contribution is -2.42. The summed E-state index contributed by atoms with van der Waals surface area (Å²) in [6.45, 7) is 0.889. The molecule has 1 aromatic heterocycles. The number of likely N-dealkylation sites (tertiary alicyclic amines) is 1. The maximum Gasteiger partial charge on any atom is 0.308 e. The van der Waals surface area contributed by atoms with Crippen molar-refractivity contribution in [1.29, 1.82) is 0 Å². The summed E-state index contributed by atoms with van der Waals surface area (Å²) in [5, 5.41) is 8.98. The minimum absolute atomic E-state index is 0.0145. The van der Waals surface area contributed by atoms with Crippen LogP contribution in [0.3, 0.4) is 0 Å². The second-order valence-electron chi connectivity index (χ2n) is 5.42. The van der Waals surface area contributed by atoms with Gasteiger partial charge in [-0.2, -0.15) is 0 Å². The maximum atomic E-state index is 12.4. The first-order chi connectivity index (χ1) is 10.6. The molecule has 1 N–H and O–H groups in total. The predicted octanol–water partition coefficient (Wildman–Crippen LogP) is 1.39. The van der Waals surface area contributed by atoms with E-state index in [1.807, 2.05) is 24.3 Å². The highest BCUT2D eigenvalue weighted by Crippen LogP contribution is 2.19. The number of fused-ring (bicyclic) bond motifs is 1. The number of aliphatic carboxylic acids is 1. The zero-order chi connectivity index (χ0) is 15.7. The number of thiazole rings is 1. The Hall–Kier alpha value is -2.15. The van der Waals surface area contributed by atoms with Crippen molar-refractivity contribution < 1.29 is 14.7 Å². The number of carbonyl (C=O) groups is 2. The molecule has 0 radical (unpaired) electrons. The third-order valence-corrected chi connectivity index (χ3v) is 5.02. The zero-order valence-electron chi connectivity index (χ0n) is 11.9. The Labute approximate surface area is 130 Å². The standard InChI is InChI=1S/C15H16N2O4S/c18-13(16-7-5-10(6-8-16)14(19)20)9-17-11-3-1-2-4-12(11)22-15(17)21/h1-4,10H,5-9H2,(H,19,20). The van der Waals surface area contributed by atoms with Crippen molar-refractivity contribution in [2.24, 2.45) is 5.92 Å².